The van der Waals surface area contributed by atoms with Gasteiger partial charge in [0.15, 0.2) is 0 Å². The predicted molar refractivity (Wildman–Crippen MR) is 164 cm³/mol. The Labute approximate surface area is 248 Å². The van der Waals surface area contributed by atoms with Gasteiger partial charge in [-0.15, -0.1) is 0 Å². The van der Waals surface area contributed by atoms with Crippen molar-refractivity contribution in [3.8, 4) is 5.75 Å². The first kappa shape index (κ1) is 32.0. The summed E-state index contributed by atoms with van der Waals surface area (Å²) in [7, 11) is -3.86. The highest BCUT2D eigenvalue weighted by Gasteiger charge is 2.33. The Balaban J connectivity index is 2.05. The van der Waals surface area contributed by atoms with Crippen LogP contribution in [0, 0.1) is 0 Å². The molecule has 2 amide bonds. The summed E-state index contributed by atoms with van der Waals surface area (Å²) in [5, 5.41) is 3.45. The van der Waals surface area contributed by atoms with E-state index in [1.54, 1.807) is 48.5 Å². The molecule has 3 aromatic carbocycles. The number of benzene rings is 3. The first-order chi connectivity index (χ1) is 19.5. The van der Waals surface area contributed by atoms with Crippen LogP contribution in [-0.2, 0) is 32.6 Å². The van der Waals surface area contributed by atoms with E-state index in [9.17, 15) is 18.0 Å². The molecule has 10 heteroatoms. The van der Waals surface area contributed by atoms with Gasteiger partial charge in [0, 0.05) is 24.0 Å². The molecular formula is C31H38ClN3O5S. The fourth-order valence-corrected chi connectivity index (χ4v) is 5.34. The van der Waals surface area contributed by atoms with Gasteiger partial charge in [0.05, 0.1) is 18.6 Å². The van der Waals surface area contributed by atoms with Crippen molar-refractivity contribution >= 4 is 39.1 Å². The molecule has 3 rings (SSSR count). The number of carbonyl (C=O) groups is 2. The number of halogens is 1. The van der Waals surface area contributed by atoms with E-state index in [0.29, 0.717) is 35.1 Å². The molecule has 0 saturated carbocycles. The van der Waals surface area contributed by atoms with Crippen molar-refractivity contribution in [2.75, 3.05) is 23.7 Å². The van der Waals surface area contributed by atoms with Gasteiger partial charge in [-0.1, -0.05) is 67.1 Å². The topological polar surface area (TPSA) is 96.0 Å². The molecule has 8 nitrogen and oxygen atoms in total. The van der Waals surface area contributed by atoms with Crippen LogP contribution in [0.3, 0.4) is 0 Å². The highest BCUT2D eigenvalue weighted by Crippen LogP contribution is 2.24. The molecule has 220 valence electrons. The van der Waals surface area contributed by atoms with E-state index in [2.05, 4.69) is 5.32 Å². The normalized spacial score (nSPS) is 12.7. The van der Waals surface area contributed by atoms with Gasteiger partial charge in [0.25, 0.3) is 0 Å². The lowest BCUT2D eigenvalue weighted by molar-refractivity contribution is -0.140. The van der Waals surface area contributed by atoms with Gasteiger partial charge < -0.3 is 15.0 Å². The number of nitrogens with zero attached hydrogens (tertiary/aromatic N) is 2. The molecule has 0 bridgehead atoms. The lowest BCUT2D eigenvalue weighted by Gasteiger charge is -2.34. The summed E-state index contributed by atoms with van der Waals surface area (Å²) >= 11 is 6.48. The van der Waals surface area contributed by atoms with Crippen molar-refractivity contribution in [1.82, 2.24) is 10.2 Å². The number of hydrogen-bond donors (Lipinski definition) is 1. The van der Waals surface area contributed by atoms with Crippen LogP contribution in [0.5, 0.6) is 5.75 Å². The summed E-state index contributed by atoms with van der Waals surface area (Å²) in [6, 6.07) is 22.0. The Morgan fingerprint density at radius 1 is 0.951 bits per heavy atom. The fourth-order valence-electron chi connectivity index (χ4n) is 4.29. The molecule has 0 aliphatic rings. The Morgan fingerprint density at radius 2 is 1.59 bits per heavy atom. The fraction of sp³-hybridized carbons (Fsp3) is 0.355. The summed E-state index contributed by atoms with van der Waals surface area (Å²) in [5.74, 6) is -0.277. The Morgan fingerprint density at radius 3 is 2.17 bits per heavy atom. The molecule has 0 aromatic heterocycles. The van der Waals surface area contributed by atoms with Gasteiger partial charge in [-0.25, -0.2) is 8.42 Å². The van der Waals surface area contributed by atoms with Crippen LogP contribution in [0.15, 0.2) is 78.9 Å². The standard InChI is InChI=1S/C31H38ClN3O5S/c1-5-23(3)33-31(37)29(20-24-12-8-7-9-13-24)34(21-25-14-10-11-15-28(25)32)30(36)22-35(41(4,38)39)26-16-18-27(19-17-26)40-6-2/h7-19,23,29H,5-6,20-22H2,1-4H3,(H,33,37). The molecule has 3 aromatic rings. The predicted octanol–water partition coefficient (Wildman–Crippen LogP) is 5.06. The minimum Gasteiger partial charge on any atom is -0.494 e. The van der Waals surface area contributed by atoms with Gasteiger partial charge in [0.1, 0.15) is 18.3 Å². The first-order valence-corrected chi connectivity index (χ1v) is 15.8. The molecule has 2 unspecified atom stereocenters. The van der Waals surface area contributed by atoms with Crippen LogP contribution in [0.1, 0.15) is 38.3 Å². The summed E-state index contributed by atoms with van der Waals surface area (Å²) in [6.07, 6.45) is 2.00. The zero-order valence-corrected chi connectivity index (χ0v) is 25.5. The van der Waals surface area contributed by atoms with E-state index in [4.69, 9.17) is 16.3 Å². The van der Waals surface area contributed by atoms with Gasteiger partial charge in [-0.3, -0.25) is 13.9 Å². The molecule has 0 aliphatic heterocycles. The zero-order chi connectivity index (χ0) is 30.0. The largest absolute Gasteiger partial charge is 0.494 e. The maximum Gasteiger partial charge on any atom is 0.244 e. The van der Waals surface area contributed by atoms with Gasteiger partial charge in [-0.05, 0) is 61.7 Å². The second-order valence-corrected chi connectivity index (χ2v) is 12.1. The second kappa shape index (κ2) is 14.9. The average Bonchev–Trinajstić information content (AvgIpc) is 2.95. The molecule has 2 atom stereocenters. The molecule has 0 aliphatic carbocycles. The zero-order valence-electron chi connectivity index (χ0n) is 23.9. The van der Waals surface area contributed by atoms with Crippen molar-refractivity contribution in [2.45, 2.75) is 52.2 Å². The van der Waals surface area contributed by atoms with Crippen molar-refractivity contribution in [1.29, 1.82) is 0 Å². The van der Waals surface area contributed by atoms with Gasteiger partial charge >= 0.3 is 0 Å². The second-order valence-electron chi connectivity index (χ2n) is 9.83. The molecule has 0 spiro atoms. The lowest BCUT2D eigenvalue weighted by atomic mass is 10.0. The number of rotatable bonds is 14. The third-order valence-corrected chi connectivity index (χ3v) is 8.19. The first-order valence-electron chi connectivity index (χ1n) is 13.6. The average molecular weight is 600 g/mol. The molecule has 0 saturated heterocycles. The van der Waals surface area contributed by atoms with Crippen molar-refractivity contribution < 1.29 is 22.7 Å². The third-order valence-electron chi connectivity index (χ3n) is 6.69. The Hall–Kier alpha value is -3.56. The third kappa shape index (κ3) is 9.23. The minimum absolute atomic E-state index is 0.0187. The smallest absolute Gasteiger partial charge is 0.244 e. The number of hydrogen-bond acceptors (Lipinski definition) is 5. The van der Waals surface area contributed by atoms with Gasteiger partial charge in [0.2, 0.25) is 21.8 Å². The van der Waals surface area contributed by atoms with Crippen LogP contribution >= 0.6 is 11.6 Å². The molecule has 1 N–H and O–H groups in total. The van der Waals surface area contributed by atoms with E-state index < -0.39 is 28.5 Å². The number of anilines is 1. The van der Waals surface area contributed by atoms with Crippen molar-refractivity contribution in [2.24, 2.45) is 0 Å². The van der Waals surface area contributed by atoms with Crippen LogP contribution < -0.4 is 14.4 Å². The van der Waals surface area contributed by atoms with Crippen molar-refractivity contribution in [3.63, 3.8) is 0 Å². The number of carbonyl (C=O) groups excluding carboxylic acids is 2. The summed E-state index contributed by atoms with van der Waals surface area (Å²) in [4.78, 5) is 29.3. The monoisotopic (exact) mass is 599 g/mol. The SMILES string of the molecule is CCOc1ccc(N(CC(=O)N(Cc2ccccc2Cl)C(Cc2ccccc2)C(=O)NC(C)CC)S(C)(=O)=O)cc1. The minimum atomic E-state index is -3.86. The summed E-state index contributed by atoms with van der Waals surface area (Å²) in [6.45, 7) is 5.70. The van der Waals surface area contributed by atoms with E-state index in [1.807, 2.05) is 51.1 Å². The number of nitrogens with one attached hydrogen (secondary N) is 1. The summed E-state index contributed by atoms with van der Waals surface area (Å²) < 4.78 is 32.3. The molecule has 41 heavy (non-hydrogen) atoms. The maximum atomic E-state index is 14.1. The van der Waals surface area contributed by atoms with Crippen LogP contribution in [0.2, 0.25) is 5.02 Å². The Kier molecular flexibility index (Phi) is 11.6. The van der Waals surface area contributed by atoms with E-state index in [0.717, 1.165) is 16.1 Å². The number of ether oxygens (including phenoxy) is 1. The van der Waals surface area contributed by atoms with Crippen LogP contribution in [-0.4, -0.2) is 56.6 Å². The molecular weight excluding hydrogens is 562 g/mol. The van der Waals surface area contributed by atoms with E-state index in [-0.39, 0.29) is 24.9 Å². The van der Waals surface area contributed by atoms with E-state index in [1.165, 1.54) is 4.90 Å². The highest BCUT2D eigenvalue weighted by atomic mass is 35.5. The molecule has 0 heterocycles. The van der Waals surface area contributed by atoms with Crippen LogP contribution in [0.25, 0.3) is 0 Å². The van der Waals surface area contributed by atoms with E-state index >= 15 is 0 Å². The maximum absolute atomic E-state index is 14.1. The molecule has 0 radical (unpaired) electrons. The van der Waals surface area contributed by atoms with Gasteiger partial charge in [-0.2, -0.15) is 0 Å². The van der Waals surface area contributed by atoms with Crippen LogP contribution in [0.4, 0.5) is 5.69 Å². The summed E-state index contributed by atoms with van der Waals surface area (Å²) in [5.41, 5.74) is 1.81. The molecule has 0 fully saturated rings. The quantitative estimate of drug-likeness (QED) is 0.279. The number of sulfonamides is 1. The highest BCUT2D eigenvalue weighted by molar-refractivity contribution is 7.92. The van der Waals surface area contributed by atoms with Crippen molar-refractivity contribution in [3.05, 3.63) is 95.0 Å². The Bertz CT molecular complexity index is 1400. The lowest BCUT2D eigenvalue weighted by Crippen LogP contribution is -2.54. The number of amides is 2.